The SMILES string of the molecule is CC1=Cc2c(oc3ccccc23)N(C)B1c1cc(C)c(C)c[n+]1C.CC1=Cc2c(oc3ccccc23)N(C)B1c1cc(C)cc[n+]1C.CC1=Cc2c(oc3ccccc23)N(C)B1c1ccc(C)c[n+]1C.CC1=Cc2oc3ccccc3c2N(C)B1c1ccc(C)c[n+]1C. The van der Waals surface area contributed by atoms with Gasteiger partial charge in [-0.25, -0.2) is 18.3 Å². The molecule has 0 saturated heterocycles. The number of allylic oxidation sites excluding steroid dienone is 4. The minimum Gasteiger partial charge on any atom is -0.455 e. The first-order chi connectivity index (χ1) is 44.6. The summed E-state index contributed by atoms with van der Waals surface area (Å²) < 4.78 is 33.3. The van der Waals surface area contributed by atoms with Crippen LogP contribution in [0.3, 0.4) is 0 Å². The van der Waals surface area contributed by atoms with E-state index in [4.69, 9.17) is 17.7 Å². The lowest BCUT2D eigenvalue weighted by Gasteiger charge is -2.29. The molecule has 0 aliphatic carbocycles. The third-order valence-electron chi connectivity index (χ3n) is 19.4. The standard InChI is InChI=1S/C20H22BN2O.3C19H20BN2O/c1-13-10-19(22(4)12-14(13)2)21-15(3)11-17-16-8-6-7-9-18(16)24-20(17)23(21)5;1-13-9-10-18(21(3)12-13)20-14(2)11-16-15-7-5-6-8-17(15)23-19(16)22(20)4;1-13-9-10-18(21(3)12-13)20-14(2)11-17-19(22(20)4)15-7-5-6-8-16(15)23-17;1-13-9-10-21(3)18(11-13)20-14(2)12-16-15-7-5-6-8-17(15)23-19(16)22(20)4/h6-12H,1-5H3;3*5-12H,1-4H3/q4*+1. The van der Waals surface area contributed by atoms with E-state index in [0.29, 0.717) is 0 Å². The van der Waals surface area contributed by atoms with Crippen molar-refractivity contribution in [1.29, 1.82) is 0 Å². The summed E-state index contributed by atoms with van der Waals surface area (Å²) in [5, 5.41) is 4.72. The first kappa shape index (κ1) is 61.9. The fourth-order valence-corrected chi connectivity index (χ4v) is 14.7. The third-order valence-corrected chi connectivity index (χ3v) is 19.4. The summed E-state index contributed by atoms with van der Waals surface area (Å²) in [7, 11) is 17.0. The normalized spacial score (nSPS) is 14.2. The predicted molar refractivity (Wildman–Crippen MR) is 389 cm³/mol. The molecule has 0 fully saturated rings. The summed E-state index contributed by atoms with van der Waals surface area (Å²) in [6.45, 7) is 20.3. The third kappa shape index (κ3) is 11.2. The first-order valence-electron chi connectivity index (χ1n) is 32.2. The molecule has 8 aromatic heterocycles. The number of nitrogens with zero attached hydrogens (tertiary/aromatic N) is 8. The highest BCUT2D eigenvalue weighted by Crippen LogP contribution is 2.42. The fraction of sp³-hybridized carbons (Fsp3) is 0.221. The molecule has 0 radical (unpaired) electrons. The summed E-state index contributed by atoms with van der Waals surface area (Å²) in [4.78, 5) is 9.09. The van der Waals surface area contributed by atoms with Crippen molar-refractivity contribution in [3.05, 3.63) is 236 Å². The number of hydrogen-bond acceptors (Lipinski definition) is 8. The highest BCUT2D eigenvalue weighted by molar-refractivity contribution is 6.84. The van der Waals surface area contributed by atoms with Crippen LogP contribution in [0.1, 0.15) is 78.0 Å². The topological polar surface area (TPSA) is 81.0 Å². The van der Waals surface area contributed by atoms with Crippen LogP contribution in [-0.2, 0) is 28.2 Å². The minimum atomic E-state index is 0.183. The molecule has 4 aromatic carbocycles. The maximum absolute atomic E-state index is 6.17. The maximum atomic E-state index is 6.17. The second kappa shape index (κ2) is 24.6. The van der Waals surface area contributed by atoms with E-state index >= 15 is 0 Å². The van der Waals surface area contributed by atoms with Gasteiger partial charge in [0.05, 0.1) is 5.69 Å². The molecule has 0 N–H and O–H groups in total. The van der Waals surface area contributed by atoms with Gasteiger partial charge in [0.25, 0.3) is 0 Å². The lowest BCUT2D eigenvalue weighted by molar-refractivity contribution is -0.654. The van der Waals surface area contributed by atoms with Crippen molar-refractivity contribution >= 4 is 141 Å². The van der Waals surface area contributed by atoms with E-state index in [1.807, 2.05) is 48.5 Å². The number of aromatic nitrogens is 4. The van der Waals surface area contributed by atoms with E-state index in [1.54, 1.807) is 0 Å². The molecule has 12 aromatic rings. The Morgan fingerprint density at radius 2 is 0.688 bits per heavy atom. The van der Waals surface area contributed by atoms with Crippen molar-refractivity contribution in [2.75, 3.05) is 47.4 Å². The largest absolute Gasteiger partial charge is 0.455 e. The van der Waals surface area contributed by atoms with Gasteiger partial charge in [-0.1, -0.05) is 107 Å². The molecule has 0 atom stereocenters. The number of furan rings is 4. The Bertz CT molecular complexity index is 5060. The Kier molecular flexibility index (Phi) is 16.4. The zero-order valence-electron chi connectivity index (χ0n) is 56.9. The molecular weight excluding hydrogens is 1140 g/mol. The number of para-hydroxylation sites is 4. The Hall–Kier alpha value is -9.94. The molecule has 16 heteroatoms. The van der Waals surface area contributed by atoms with Crippen molar-refractivity contribution in [3.8, 4) is 0 Å². The quantitative estimate of drug-likeness (QED) is 0.127. The Morgan fingerprint density at radius 3 is 1.13 bits per heavy atom. The molecule has 0 unspecified atom stereocenters. The van der Waals surface area contributed by atoms with E-state index in [1.165, 1.54) is 116 Å². The molecule has 0 spiro atoms. The molecule has 0 amide bonds. The number of fused-ring (bicyclic) bond motifs is 12. The molecule has 4 aliphatic rings. The van der Waals surface area contributed by atoms with Crippen molar-refractivity contribution in [1.82, 2.24) is 0 Å². The van der Waals surface area contributed by atoms with Crippen molar-refractivity contribution in [3.63, 3.8) is 0 Å². The van der Waals surface area contributed by atoms with Gasteiger partial charge in [0.15, 0.2) is 64.8 Å². The number of benzene rings is 4. The van der Waals surface area contributed by atoms with Crippen LogP contribution in [0, 0.1) is 34.6 Å². The molecule has 16 rings (SSSR count). The van der Waals surface area contributed by atoms with Crippen molar-refractivity contribution < 1.29 is 35.9 Å². The summed E-state index contributed by atoms with van der Waals surface area (Å²) in [6.07, 6.45) is 17.7. The van der Waals surface area contributed by atoms with Gasteiger partial charge >= 0.3 is 27.4 Å². The summed E-state index contributed by atoms with van der Waals surface area (Å²) in [5.41, 5.74) is 25.3. The molecule has 93 heavy (non-hydrogen) atoms. The molecule has 0 saturated carbocycles. The molecule has 12 nitrogen and oxygen atoms in total. The Morgan fingerprint density at radius 1 is 0.323 bits per heavy atom. The van der Waals surface area contributed by atoms with Gasteiger partial charge in [-0.05, 0) is 162 Å². The predicted octanol–water partition coefficient (Wildman–Crippen LogP) is 11.7. The van der Waals surface area contributed by atoms with Crippen LogP contribution >= 0.6 is 0 Å². The number of rotatable bonds is 4. The van der Waals surface area contributed by atoms with Gasteiger partial charge in [0.1, 0.15) is 56.3 Å². The van der Waals surface area contributed by atoms with E-state index in [2.05, 4.69) is 296 Å². The highest BCUT2D eigenvalue weighted by Gasteiger charge is 2.43. The lowest BCUT2D eigenvalue weighted by Crippen LogP contribution is -2.62. The maximum Gasteiger partial charge on any atom is 0.401 e. The Labute approximate surface area is 548 Å². The van der Waals surface area contributed by atoms with Gasteiger partial charge in [-0.3, -0.25) is 0 Å². The van der Waals surface area contributed by atoms with Gasteiger partial charge in [0.2, 0.25) is 0 Å². The molecular formula is C77H82B4N8O4+4. The zero-order valence-corrected chi connectivity index (χ0v) is 56.9. The van der Waals surface area contributed by atoms with Crippen LogP contribution in [0.15, 0.2) is 204 Å². The summed E-state index contributed by atoms with van der Waals surface area (Å²) in [5.74, 6) is 3.80. The second-order valence-corrected chi connectivity index (χ2v) is 26.3. The van der Waals surface area contributed by atoms with E-state index < -0.39 is 0 Å². The number of hydrogen-bond donors (Lipinski definition) is 0. The zero-order chi connectivity index (χ0) is 65.4. The number of anilines is 4. The molecule has 462 valence electrons. The van der Waals surface area contributed by atoms with Gasteiger partial charge < -0.3 is 36.9 Å². The lowest BCUT2D eigenvalue weighted by atomic mass is 9.49. The van der Waals surface area contributed by atoms with E-state index in [0.717, 1.165) is 45.7 Å². The highest BCUT2D eigenvalue weighted by atomic mass is 16.4. The summed E-state index contributed by atoms with van der Waals surface area (Å²) >= 11 is 0. The number of aryl methyl sites for hydroxylation is 9. The van der Waals surface area contributed by atoms with Gasteiger partial charge in [-0.15, -0.1) is 0 Å². The van der Waals surface area contributed by atoms with Gasteiger partial charge in [-0.2, -0.15) is 0 Å². The van der Waals surface area contributed by atoms with Crippen LogP contribution in [-0.4, -0.2) is 55.6 Å². The van der Waals surface area contributed by atoms with Crippen molar-refractivity contribution in [2.24, 2.45) is 28.2 Å². The molecule has 12 heterocycles. The smallest absolute Gasteiger partial charge is 0.401 e. The first-order valence-corrected chi connectivity index (χ1v) is 32.2. The van der Waals surface area contributed by atoms with E-state index in [9.17, 15) is 0 Å². The average Bonchev–Trinajstić information content (AvgIpc) is 1.69. The molecule has 0 bridgehead atoms. The van der Waals surface area contributed by atoms with Crippen LogP contribution in [0.4, 0.5) is 23.3 Å². The van der Waals surface area contributed by atoms with Crippen LogP contribution < -0.4 is 59.9 Å². The average molecular weight is 1230 g/mol. The second-order valence-electron chi connectivity index (χ2n) is 26.3. The summed E-state index contributed by atoms with van der Waals surface area (Å²) in [6, 6.07) is 48.5. The number of pyridine rings is 4. The van der Waals surface area contributed by atoms with Crippen LogP contribution in [0.2, 0.25) is 0 Å². The Balaban J connectivity index is 0.000000113. The fourth-order valence-electron chi connectivity index (χ4n) is 14.7. The molecule has 4 aliphatic heterocycles. The van der Waals surface area contributed by atoms with Crippen LogP contribution in [0.5, 0.6) is 0 Å². The van der Waals surface area contributed by atoms with Crippen LogP contribution in [0.25, 0.3) is 68.2 Å². The van der Waals surface area contributed by atoms with Crippen molar-refractivity contribution in [2.45, 2.75) is 62.3 Å². The monoisotopic (exact) mass is 1230 g/mol. The van der Waals surface area contributed by atoms with E-state index in [-0.39, 0.29) is 27.4 Å². The minimum absolute atomic E-state index is 0.183. The van der Waals surface area contributed by atoms with Gasteiger partial charge in [0, 0.05) is 73.1 Å².